The summed E-state index contributed by atoms with van der Waals surface area (Å²) in [5, 5.41) is -0.504. The van der Waals surface area contributed by atoms with Crippen LogP contribution in [0.1, 0.15) is 11.1 Å². The first-order valence-corrected chi connectivity index (χ1v) is 9.07. The largest absolute Gasteiger partial charge is 1.00 e. The molecule has 0 N–H and O–H groups in total. The van der Waals surface area contributed by atoms with Crippen LogP contribution in [0.15, 0.2) is 36.4 Å². The van der Waals surface area contributed by atoms with Gasteiger partial charge in [0.05, 0.1) is 0 Å². The fourth-order valence-electron chi connectivity index (χ4n) is 1.63. The molecule has 0 fully saturated rings. The molecule has 0 unspecified atom stereocenters. The maximum atomic E-state index is 12.5. The van der Waals surface area contributed by atoms with E-state index in [2.05, 4.69) is 0 Å². The number of hydrogen-bond acceptors (Lipinski definition) is 2. The van der Waals surface area contributed by atoms with E-state index in [0.29, 0.717) is 12.1 Å². The Bertz CT molecular complexity index is 707. The minimum atomic E-state index is -4.54. The normalized spacial score (nSPS) is 11.0. The fraction of sp³-hybridized carbons (Fsp3) is 0.143. The summed E-state index contributed by atoms with van der Waals surface area (Å²) < 4.78 is 85.6. The van der Waals surface area contributed by atoms with Crippen LogP contribution in [0.2, 0.25) is 10.0 Å². The molecule has 0 atom stereocenters. The van der Waals surface area contributed by atoms with E-state index in [4.69, 9.17) is 28.8 Å². The predicted molar refractivity (Wildman–Crippen MR) is 74.2 cm³/mol. The average Bonchev–Trinajstić information content (AvgIpc) is 2.48. The monoisotopic (exact) mass is 550 g/mol. The zero-order chi connectivity index (χ0) is 18.8. The van der Waals surface area contributed by atoms with E-state index in [1.807, 2.05) is 0 Å². The Morgan fingerprint density at radius 1 is 0.667 bits per heavy atom. The molecule has 0 heterocycles. The number of halogens is 10. The van der Waals surface area contributed by atoms with E-state index in [9.17, 15) is 26.3 Å². The fourth-order valence-corrected chi connectivity index (χ4v) is 3.81. The van der Waals surface area contributed by atoms with Crippen molar-refractivity contribution in [1.82, 2.24) is 0 Å². The van der Waals surface area contributed by atoms with Crippen molar-refractivity contribution < 1.29 is 80.9 Å². The Labute approximate surface area is 184 Å². The molecular weight excluding hydrogens is 547 g/mol. The molecule has 2 rings (SSSR count). The van der Waals surface area contributed by atoms with Crippen molar-refractivity contribution >= 4 is 23.2 Å². The molecule has 0 spiro atoms. The maximum Gasteiger partial charge on any atom is -1.00 e. The molecule has 0 radical (unpaired) electrons. The van der Waals surface area contributed by atoms with Crippen molar-refractivity contribution in [1.29, 1.82) is 0 Å². The van der Waals surface area contributed by atoms with Crippen LogP contribution in [-0.2, 0) is 36.5 Å². The second-order valence-corrected chi connectivity index (χ2v) is 6.80. The molecule has 2 aromatic rings. The molecule has 2 nitrogen and oxygen atoms in total. The van der Waals surface area contributed by atoms with Gasteiger partial charge in [-0.2, -0.15) is 0 Å². The first-order valence-electron chi connectivity index (χ1n) is 6.30. The van der Waals surface area contributed by atoms with Gasteiger partial charge < -0.3 is 24.8 Å². The number of hydrogen-bond donors (Lipinski definition) is 0. The van der Waals surface area contributed by atoms with Gasteiger partial charge in [-0.25, -0.2) is 0 Å². The second kappa shape index (κ2) is 10.4. The molecule has 0 aromatic heterocycles. The zero-order valence-electron chi connectivity index (χ0n) is 12.6. The van der Waals surface area contributed by atoms with Gasteiger partial charge in [0.15, 0.2) is 0 Å². The van der Waals surface area contributed by atoms with Gasteiger partial charge in [-0.1, -0.05) is 0 Å². The Hall–Kier alpha value is -0.337. The van der Waals surface area contributed by atoms with Crippen molar-refractivity contribution in [2.75, 3.05) is 0 Å². The third kappa shape index (κ3) is 7.54. The standard InChI is InChI=1S/2C7H4ClF3O.2ClH.Zr/c2*8-5-3-4(7(9,10)11)1-2-6(5)12;;;/h2*1-3,12H;2*1H;/q;;;;+4/p-4. The van der Waals surface area contributed by atoms with Crippen LogP contribution >= 0.6 is 23.2 Å². The molecule has 2 aromatic carbocycles. The van der Waals surface area contributed by atoms with Crippen molar-refractivity contribution in [3.05, 3.63) is 57.6 Å². The molecule has 27 heavy (non-hydrogen) atoms. The van der Waals surface area contributed by atoms with Crippen LogP contribution < -0.4 is 30.4 Å². The SMILES string of the molecule is FC(F)(F)c1ccc([O][Zr+2][O]c2ccc(C(F)(F)F)cc2Cl)c(Cl)c1.[Cl-].[Cl-]. The summed E-state index contributed by atoms with van der Waals surface area (Å²) in [7, 11) is 0. The van der Waals surface area contributed by atoms with Crippen molar-refractivity contribution in [3.63, 3.8) is 0 Å². The second-order valence-electron chi connectivity index (χ2n) is 4.57. The number of rotatable bonds is 4. The van der Waals surface area contributed by atoms with E-state index < -0.39 is 47.6 Å². The summed E-state index contributed by atoms with van der Waals surface area (Å²) in [5.74, 6) is -0.0198. The molecule has 0 amide bonds. The van der Waals surface area contributed by atoms with Crippen LogP contribution in [0.4, 0.5) is 26.3 Å². The predicted octanol–water partition coefficient (Wildman–Crippen LogP) is 0.409. The minimum absolute atomic E-state index is 0. The van der Waals surface area contributed by atoms with Crippen molar-refractivity contribution in [2.24, 2.45) is 0 Å². The molecule has 0 aliphatic carbocycles. The smallest absolute Gasteiger partial charge is 1.00 e. The molecule has 13 heteroatoms. The maximum absolute atomic E-state index is 12.5. The number of alkyl halides is 6. The molecule has 0 aliphatic rings. The Morgan fingerprint density at radius 3 is 1.26 bits per heavy atom. The molecule has 148 valence electrons. The van der Waals surface area contributed by atoms with Crippen molar-refractivity contribution in [2.45, 2.75) is 12.4 Å². The third-order valence-corrected chi connectivity index (χ3v) is 4.90. The Balaban J connectivity index is 0.00000338. The first-order chi connectivity index (χ1) is 11.5. The molecular formula is C14H6Cl4F6O2Zr. The molecule has 0 saturated heterocycles. The third-order valence-electron chi connectivity index (χ3n) is 2.82. The Kier molecular flexibility index (Phi) is 10.3. The topological polar surface area (TPSA) is 18.5 Å². The van der Waals surface area contributed by atoms with Gasteiger partial charge >= 0.3 is 161 Å². The zero-order valence-corrected chi connectivity index (χ0v) is 18.0. The van der Waals surface area contributed by atoms with Gasteiger partial charge in [0.2, 0.25) is 0 Å². The van der Waals surface area contributed by atoms with E-state index in [1.54, 1.807) is 0 Å². The summed E-state index contributed by atoms with van der Waals surface area (Å²) >= 11 is 9.28. The first kappa shape index (κ1) is 26.7. The molecule has 0 saturated carbocycles. The van der Waals surface area contributed by atoms with Gasteiger partial charge in [-0.15, -0.1) is 0 Å². The average molecular weight is 553 g/mol. The van der Waals surface area contributed by atoms with Gasteiger partial charge in [0.25, 0.3) is 0 Å². The van der Waals surface area contributed by atoms with E-state index in [0.717, 1.165) is 24.3 Å². The van der Waals surface area contributed by atoms with Gasteiger partial charge in [0.1, 0.15) is 0 Å². The minimum Gasteiger partial charge on any atom is -1.00 e. The van der Waals surface area contributed by atoms with Crippen LogP contribution in [0.25, 0.3) is 0 Å². The quantitative estimate of drug-likeness (QED) is 0.512. The Morgan fingerprint density at radius 2 is 1.00 bits per heavy atom. The number of benzene rings is 2. The van der Waals surface area contributed by atoms with Crippen LogP contribution in [0, 0.1) is 0 Å². The van der Waals surface area contributed by atoms with Gasteiger partial charge in [-0.05, 0) is 0 Å². The summed E-state index contributed by atoms with van der Waals surface area (Å²) in [6.07, 6.45) is -9.07. The van der Waals surface area contributed by atoms with E-state index in [-0.39, 0.29) is 46.4 Å². The van der Waals surface area contributed by atoms with Crippen LogP contribution in [0.3, 0.4) is 0 Å². The molecule has 0 bridgehead atoms. The van der Waals surface area contributed by atoms with Crippen LogP contribution in [0.5, 0.6) is 11.5 Å². The van der Waals surface area contributed by atoms with Gasteiger partial charge in [0, 0.05) is 0 Å². The van der Waals surface area contributed by atoms with E-state index >= 15 is 0 Å². The van der Waals surface area contributed by atoms with Crippen molar-refractivity contribution in [3.8, 4) is 11.5 Å². The van der Waals surface area contributed by atoms with Crippen LogP contribution in [-0.4, -0.2) is 0 Å². The summed E-state index contributed by atoms with van der Waals surface area (Å²) in [5.41, 5.74) is -1.86. The van der Waals surface area contributed by atoms with Gasteiger partial charge in [-0.3, -0.25) is 0 Å². The summed E-state index contributed by atoms with van der Waals surface area (Å²) in [6, 6.07) is 5.10. The van der Waals surface area contributed by atoms with E-state index in [1.165, 1.54) is 0 Å². The molecule has 0 aliphatic heterocycles. The summed E-state index contributed by atoms with van der Waals surface area (Å²) in [4.78, 5) is 0. The summed E-state index contributed by atoms with van der Waals surface area (Å²) in [6.45, 7) is 0.